The standard InChI is InChI=1S/C13H17NO4/c1-13(12(16)17,14(2)9-15)8-10-6-4-5-7-11(10)18-3/h4-7,9H,8H2,1-3H3,(H,16,17). The van der Waals surface area contributed by atoms with Crippen LogP contribution in [-0.4, -0.2) is 42.1 Å². The van der Waals surface area contributed by atoms with Gasteiger partial charge >= 0.3 is 5.97 Å². The largest absolute Gasteiger partial charge is 0.496 e. The van der Waals surface area contributed by atoms with E-state index >= 15 is 0 Å². The van der Waals surface area contributed by atoms with Crippen LogP contribution >= 0.6 is 0 Å². The fourth-order valence-electron chi connectivity index (χ4n) is 1.69. The Bertz CT molecular complexity index is 446. The van der Waals surface area contributed by atoms with Crippen LogP contribution in [0.4, 0.5) is 0 Å². The van der Waals surface area contributed by atoms with Crippen molar-refractivity contribution in [2.75, 3.05) is 14.2 Å². The molecule has 1 atom stereocenters. The van der Waals surface area contributed by atoms with Gasteiger partial charge in [0, 0.05) is 13.5 Å². The van der Waals surface area contributed by atoms with E-state index in [-0.39, 0.29) is 6.42 Å². The van der Waals surface area contributed by atoms with Gasteiger partial charge in [0.05, 0.1) is 7.11 Å². The Labute approximate surface area is 106 Å². The summed E-state index contributed by atoms with van der Waals surface area (Å²) in [5.74, 6) is -0.438. The van der Waals surface area contributed by atoms with Crippen molar-refractivity contribution in [3.8, 4) is 5.75 Å². The minimum Gasteiger partial charge on any atom is -0.496 e. The molecule has 0 saturated heterocycles. The quantitative estimate of drug-likeness (QED) is 0.771. The minimum absolute atomic E-state index is 0.182. The summed E-state index contributed by atoms with van der Waals surface area (Å²) < 4.78 is 5.18. The van der Waals surface area contributed by atoms with Gasteiger partial charge in [-0.05, 0) is 18.6 Å². The molecule has 0 bridgehead atoms. The van der Waals surface area contributed by atoms with Gasteiger partial charge in [-0.2, -0.15) is 0 Å². The maximum absolute atomic E-state index is 11.4. The predicted octanol–water partition coefficient (Wildman–Crippen LogP) is 1.17. The minimum atomic E-state index is -1.30. The number of ether oxygens (including phenoxy) is 1. The van der Waals surface area contributed by atoms with Gasteiger partial charge < -0.3 is 14.7 Å². The molecule has 98 valence electrons. The maximum atomic E-state index is 11.4. The number of methoxy groups -OCH3 is 1. The van der Waals surface area contributed by atoms with Crippen molar-refractivity contribution in [1.29, 1.82) is 0 Å². The van der Waals surface area contributed by atoms with Crippen LogP contribution in [0.5, 0.6) is 5.75 Å². The van der Waals surface area contributed by atoms with Gasteiger partial charge in [0.2, 0.25) is 6.41 Å². The van der Waals surface area contributed by atoms with Crippen LogP contribution in [-0.2, 0) is 16.0 Å². The van der Waals surface area contributed by atoms with Crippen molar-refractivity contribution in [3.05, 3.63) is 29.8 Å². The number of carbonyl (C=O) groups is 2. The third-order valence-electron chi connectivity index (χ3n) is 3.12. The van der Waals surface area contributed by atoms with Crippen molar-refractivity contribution < 1.29 is 19.4 Å². The highest BCUT2D eigenvalue weighted by atomic mass is 16.5. The number of benzene rings is 1. The summed E-state index contributed by atoms with van der Waals surface area (Å²) in [6.45, 7) is 1.51. The second-order valence-electron chi connectivity index (χ2n) is 4.28. The predicted molar refractivity (Wildman–Crippen MR) is 66.6 cm³/mol. The van der Waals surface area contributed by atoms with Crippen molar-refractivity contribution in [3.63, 3.8) is 0 Å². The fourth-order valence-corrected chi connectivity index (χ4v) is 1.69. The first-order valence-electron chi connectivity index (χ1n) is 5.49. The molecule has 0 radical (unpaired) electrons. The number of rotatable bonds is 6. The molecule has 1 rings (SSSR count). The number of carboxylic acids is 1. The van der Waals surface area contributed by atoms with Crippen LogP contribution in [0.1, 0.15) is 12.5 Å². The third-order valence-corrected chi connectivity index (χ3v) is 3.12. The Morgan fingerprint density at radius 2 is 2.11 bits per heavy atom. The summed E-state index contributed by atoms with van der Waals surface area (Å²) in [5.41, 5.74) is -0.547. The topological polar surface area (TPSA) is 66.8 Å². The van der Waals surface area contributed by atoms with Gasteiger partial charge in [-0.15, -0.1) is 0 Å². The lowest BCUT2D eigenvalue weighted by Gasteiger charge is -2.32. The zero-order valence-corrected chi connectivity index (χ0v) is 10.7. The first-order valence-corrected chi connectivity index (χ1v) is 5.49. The molecule has 0 fully saturated rings. The van der Waals surface area contributed by atoms with E-state index in [1.165, 1.54) is 21.1 Å². The number of amides is 1. The van der Waals surface area contributed by atoms with E-state index in [2.05, 4.69) is 0 Å². The number of aliphatic carboxylic acids is 1. The zero-order valence-electron chi connectivity index (χ0n) is 10.7. The molecule has 1 unspecified atom stereocenters. The van der Waals surface area contributed by atoms with E-state index in [9.17, 15) is 14.7 Å². The molecule has 0 aliphatic carbocycles. The lowest BCUT2D eigenvalue weighted by molar-refractivity contribution is -0.152. The van der Waals surface area contributed by atoms with Gasteiger partial charge in [-0.25, -0.2) is 4.79 Å². The van der Waals surface area contributed by atoms with E-state index in [1.54, 1.807) is 18.2 Å². The number of likely N-dealkylation sites (N-methyl/N-ethyl adjacent to an activating group) is 1. The molecule has 0 heterocycles. The number of carbonyl (C=O) groups excluding carboxylic acids is 1. The Balaban J connectivity index is 3.11. The van der Waals surface area contributed by atoms with Crippen LogP contribution in [0.25, 0.3) is 0 Å². The Morgan fingerprint density at radius 3 is 2.61 bits per heavy atom. The highest BCUT2D eigenvalue weighted by molar-refractivity contribution is 5.81. The van der Waals surface area contributed by atoms with E-state index < -0.39 is 11.5 Å². The second kappa shape index (κ2) is 5.53. The highest BCUT2D eigenvalue weighted by Gasteiger charge is 2.38. The van der Waals surface area contributed by atoms with Crippen LogP contribution < -0.4 is 4.74 Å². The number of nitrogens with zero attached hydrogens (tertiary/aromatic N) is 1. The molecule has 1 aromatic rings. The van der Waals surface area contributed by atoms with Crippen molar-refractivity contribution >= 4 is 12.4 Å². The molecule has 0 saturated carbocycles. The smallest absolute Gasteiger partial charge is 0.329 e. The average molecular weight is 251 g/mol. The first-order chi connectivity index (χ1) is 8.45. The summed E-state index contributed by atoms with van der Waals surface area (Å²) in [5, 5.41) is 9.32. The number of hydrogen-bond acceptors (Lipinski definition) is 3. The molecule has 1 amide bonds. The van der Waals surface area contributed by atoms with Gasteiger partial charge in [0.25, 0.3) is 0 Å². The Kier molecular flexibility index (Phi) is 4.31. The molecular formula is C13H17NO4. The van der Waals surface area contributed by atoms with Crippen LogP contribution in [0, 0.1) is 0 Å². The lowest BCUT2D eigenvalue weighted by atomic mass is 9.91. The molecule has 5 nitrogen and oxygen atoms in total. The molecule has 18 heavy (non-hydrogen) atoms. The second-order valence-corrected chi connectivity index (χ2v) is 4.28. The van der Waals surface area contributed by atoms with E-state index in [0.29, 0.717) is 12.2 Å². The van der Waals surface area contributed by atoms with Crippen molar-refractivity contribution in [1.82, 2.24) is 4.90 Å². The monoisotopic (exact) mass is 251 g/mol. The molecule has 0 spiro atoms. The molecule has 1 aromatic carbocycles. The van der Waals surface area contributed by atoms with Gasteiger partial charge in [0.15, 0.2) is 0 Å². The van der Waals surface area contributed by atoms with Gasteiger partial charge in [-0.1, -0.05) is 18.2 Å². The summed E-state index contributed by atoms with van der Waals surface area (Å²) >= 11 is 0. The summed E-state index contributed by atoms with van der Waals surface area (Å²) in [6, 6.07) is 7.17. The molecule has 1 N–H and O–H groups in total. The average Bonchev–Trinajstić information content (AvgIpc) is 2.37. The van der Waals surface area contributed by atoms with Crippen LogP contribution in [0.2, 0.25) is 0 Å². The summed E-state index contributed by atoms with van der Waals surface area (Å²) in [7, 11) is 2.98. The lowest BCUT2D eigenvalue weighted by Crippen LogP contribution is -2.51. The van der Waals surface area contributed by atoms with E-state index in [4.69, 9.17) is 4.74 Å². The molecule has 0 aliphatic heterocycles. The molecular weight excluding hydrogens is 234 g/mol. The molecule has 0 aromatic heterocycles. The summed E-state index contributed by atoms with van der Waals surface area (Å²) in [6.07, 6.45) is 0.700. The Hall–Kier alpha value is -2.04. The molecule has 0 aliphatic rings. The van der Waals surface area contributed by atoms with E-state index in [0.717, 1.165) is 10.5 Å². The van der Waals surface area contributed by atoms with E-state index in [1.807, 2.05) is 6.07 Å². The first kappa shape index (κ1) is 14.0. The highest BCUT2D eigenvalue weighted by Crippen LogP contribution is 2.25. The van der Waals surface area contributed by atoms with Crippen molar-refractivity contribution in [2.45, 2.75) is 18.9 Å². The van der Waals surface area contributed by atoms with Crippen molar-refractivity contribution in [2.24, 2.45) is 0 Å². The van der Waals surface area contributed by atoms with Gasteiger partial charge in [0.1, 0.15) is 11.3 Å². The van der Waals surface area contributed by atoms with Gasteiger partial charge in [-0.3, -0.25) is 4.79 Å². The number of hydrogen-bond donors (Lipinski definition) is 1. The Morgan fingerprint density at radius 1 is 1.50 bits per heavy atom. The van der Waals surface area contributed by atoms with Crippen LogP contribution in [0.15, 0.2) is 24.3 Å². The molecule has 5 heteroatoms. The zero-order chi connectivity index (χ0) is 13.8. The number of carboxylic acid groups (broad SMARTS) is 1. The van der Waals surface area contributed by atoms with Crippen LogP contribution in [0.3, 0.4) is 0 Å². The third kappa shape index (κ3) is 2.61. The number of para-hydroxylation sites is 1. The maximum Gasteiger partial charge on any atom is 0.329 e. The fraction of sp³-hybridized carbons (Fsp3) is 0.385. The summed E-state index contributed by atoms with van der Waals surface area (Å²) in [4.78, 5) is 23.4. The SMILES string of the molecule is COc1ccccc1CC(C)(C(=O)O)N(C)C=O. The normalized spacial score (nSPS) is 13.5.